The Labute approximate surface area is 190 Å². The predicted octanol–water partition coefficient (Wildman–Crippen LogP) is 5.47. The van der Waals surface area contributed by atoms with Crippen molar-refractivity contribution in [1.29, 1.82) is 0 Å². The Hall–Kier alpha value is -2.90. The highest BCUT2D eigenvalue weighted by atomic mass is 35.5. The van der Waals surface area contributed by atoms with Crippen molar-refractivity contribution in [2.24, 2.45) is 7.05 Å². The van der Waals surface area contributed by atoms with Gasteiger partial charge in [0.1, 0.15) is 11.6 Å². The predicted molar refractivity (Wildman–Crippen MR) is 121 cm³/mol. The minimum Gasteiger partial charge on any atom is -0.373 e. The molecular formula is C24H23ClFN5O. The highest BCUT2D eigenvalue weighted by Crippen LogP contribution is 2.38. The van der Waals surface area contributed by atoms with E-state index in [0.717, 1.165) is 35.0 Å². The Bertz CT molecular complexity index is 1320. The van der Waals surface area contributed by atoms with Gasteiger partial charge in [0, 0.05) is 53.0 Å². The zero-order valence-corrected chi connectivity index (χ0v) is 18.9. The Kier molecular flexibility index (Phi) is 5.39. The number of halogens is 2. The van der Waals surface area contributed by atoms with Gasteiger partial charge in [-0.05, 0) is 56.5 Å². The van der Waals surface area contributed by atoms with Crippen LogP contribution in [-0.2, 0) is 11.8 Å². The van der Waals surface area contributed by atoms with Crippen LogP contribution >= 0.6 is 11.6 Å². The Morgan fingerprint density at radius 3 is 2.75 bits per heavy atom. The summed E-state index contributed by atoms with van der Waals surface area (Å²) < 4.78 is 22.7. The molecule has 2 atom stereocenters. The summed E-state index contributed by atoms with van der Waals surface area (Å²) in [6.07, 6.45) is 5.23. The van der Waals surface area contributed by atoms with Gasteiger partial charge >= 0.3 is 0 Å². The molecule has 1 aromatic carbocycles. The molecule has 0 saturated carbocycles. The Morgan fingerprint density at radius 2 is 2.00 bits per heavy atom. The molecule has 3 aromatic heterocycles. The van der Waals surface area contributed by atoms with Crippen molar-refractivity contribution in [3.8, 4) is 11.3 Å². The van der Waals surface area contributed by atoms with E-state index < -0.39 is 5.82 Å². The van der Waals surface area contributed by atoms with Crippen molar-refractivity contribution < 1.29 is 9.13 Å². The number of nitrogens with zero attached hydrogens (tertiary/aromatic N) is 5. The average molecular weight is 452 g/mol. The molecule has 6 nitrogen and oxygen atoms in total. The summed E-state index contributed by atoms with van der Waals surface area (Å²) >= 11 is 5.99. The van der Waals surface area contributed by atoms with E-state index >= 15 is 0 Å². The molecule has 8 heteroatoms. The molecule has 0 spiro atoms. The Balaban J connectivity index is 1.62. The molecular weight excluding hydrogens is 429 g/mol. The average Bonchev–Trinajstić information content (AvgIpc) is 3.21. The smallest absolute Gasteiger partial charge is 0.163 e. The van der Waals surface area contributed by atoms with Crippen LogP contribution in [-0.4, -0.2) is 31.3 Å². The van der Waals surface area contributed by atoms with Crippen molar-refractivity contribution >= 4 is 22.6 Å². The fourth-order valence-electron chi connectivity index (χ4n) is 4.20. The molecule has 164 valence electrons. The summed E-state index contributed by atoms with van der Waals surface area (Å²) in [5.74, 6) is 0.313. The molecule has 1 aliphatic rings. The standard InChI is InChI=1S/C24H23ClFN5O/c1-13-8-19-22(18-5-4-17(25)10-20(18)26)29-23(30-24(19)28-14(13)2)15-6-7-32-21(9-15)16-11-27-31(3)12-16/h4-5,8,10-12,15,21H,6-7,9H2,1-3H3/t15-,21+/m0/s1. The zero-order chi connectivity index (χ0) is 22.4. The second-order valence-electron chi connectivity index (χ2n) is 8.34. The third kappa shape index (κ3) is 3.87. The molecule has 0 N–H and O–H groups in total. The molecule has 0 radical (unpaired) electrons. The first kappa shape index (κ1) is 21.0. The number of aryl methyl sites for hydroxylation is 3. The number of pyridine rings is 1. The highest BCUT2D eigenvalue weighted by Gasteiger charge is 2.29. The van der Waals surface area contributed by atoms with Gasteiger partial charge in [0.2, 0.25) is 0 Å². The Morgan fingerprint density at radius 1 is 1.16 bits per heavy atom. The number of fused-ring (bicyclic) bond motifs is 1. The van der Waals surface area contributed by atoms with Crippen LogP contribution in [0.4, 0.5) is 4.39 Å². The lowest BCUT2D eigenvalue weighted by atomic mass is 9.92. The SMILES string of the molecule is Cc1cc2c(-c3ccc(Cl)cc3F)nc([C@H]3CCO[C@@H](c4cnn(C)c4)C3)nc2nc1C. The lowest BCUT2D eigenvalue weighted by Crippen LogP contribution is -2.20. The molecule has 1 saturated heterocycles. The third-order valence-electron chi connectivity index (χ3n) is 6.08. The fourth-order valence-corrected chi connectivity index (χ4v) is 4.36. The summed E-state index contributed by atoms with van der Waals surface area (Å²) in [5.41, 5.74) is 4.44. The van der Waals surface area contributed by atoms with Crippen LogP contribution in [0.1, 0.15) is 47.5 Å². The van der Waals surface area contributed by atoms with E-state index in [1.807, 2.05) is 39.4 Å². The largest absolute Gasteiger partial charge is 0.373 e. The highest BCUT2D eigenvalue weighted by molar-refractivity contribution is 6.30. The van der Waals surface area contributed by atoms with Gasteiger partial charge in [-0.15, -0.1) is 0 Å². The third-order valence-corrected chi connectivity index (χ3v) is 6.32. The molecule has 0 unspecified atom stereocenters. The van der Waals surface area contributed by atoms with Crippen LogP contribution in [0.2, 0.25) is 5.02 Å². The van der Waals surface area contributed by atoms with E-state index in [0.29, 0.717) is 34.4 Å². The molecule has 0 bridgehead atoms. The summed E-state index contributed by atoms with van der Waals surface area (Å²) in [5, 5.41) is 5.34. The number of hydrogen-bond donors (Lipinski definition) is 0. The topological polar surface area (TPSA) is 65.7 Å². The molecule has 0 aliphatic carbocycles. The van der Waals surface area contributed by atoms with Crippen LogP contribution in [0.5, 0.6) is 0 Å². The van der Waals surface area contributed by atoms with E-state index in [9.17, 15) is 4.39 Å². The quantitative estimate of drug-likeness (QED) is 0.413. The van der Waals surface area contributed by atoms with Crippen LogP contribution in [0.25, 0.3) is 22.3 Å². The van der Waals surface area contributed by atoms with Crippen LogP contribution in [0.15, 0.2) is 36.7 Å². The monoisotopic (exact) mass is 451 g/mol. The molecule has 0 amide bonds. The normalized spacial score (nSPS) is 18.9. The zero-order valence-electron chi connectivity index (χ0n) is 18.1. The van der Waals surface area contributed by atoms with Crippen molar-refractivity contribution in [2.75, 3.05) is 6.61 Å². The van der Waals surface area contributed by atoms with Gasteiger partial charge in [-0.1, -0.05) is 11.6 Å². The maximum absolute atomic E-state index is 14.9. The van der Waals surface area contributed by atoms with Gasteiger partial charge in [-0.3, -0.25) is 4.68 Å². The number of rotatable bonds is 3. The summed E-state index contributed by atoms with van der Waals surface area (Å²) in [6, 6.07) is 6.63. The number of hydrogen-bond acceptors (Lipinski definition) is 5. The number of aromatic nitrogens is 5. The summed E-state index contributed by atoms with van der Waals surface area (Å²) in [6.45, 7) is 4.53. The molecule has 1 aliphatic heterocycles. The van der Waals surface area contributed by atoms with Gasteiger partial charge in [-0.25, -0.2) is 19.3 Å². The molecule has 4 heterocycles. The van der Waals surface area contributed by atoms with Crippen LogP contribution < -0.4 is 0 Å². The minimum absolute atomic E-state index is 0.0656. The van der Waals surface area contributed by atoms with Gasteiger partial charge in [-0.2, -0.15) is 5.10 Å². The lowest BCUT2D eigenvalue weighted by Gasteiger charge is -2.28. The van der Waals surface area contributed by atoms with Crippen molar-refractivity contribution in [1.82, 2.24) is 24.7 Å². The maximum atomic E-state index is 14.9. The summed E-state index contributed by atoms with van der Waals surface area (Å²) in [4.78, 5) is 14.4. The first-order valence-corrected chi connectivity index (χ1v) is 11.0. The lowest BCUT2D eigenvalue weighted by molar-refractivity contribution is 0.00398. The fraction of sp³-hybridized carbons (Fsp3) is 0.333. The molecule has 32 heavy (non-hydrogen) atoms. The molecule has 5 rings (SSSR count). The first-order valence-electron chi connectivity index (χ1n) is 10.6. The maximum Gasteiger partial charge on any atom is 0.163 e. The van der Waals surface area contributed by atoms with E-state index in [1.165, 1.54) is 6.07 Å². The van der Waals surface area contributed by atoms with Gasteiger partial charge in [0.05, 0.1) is 18.0 Å². The summed E-state index contributed by atoms with van der Waals surface area (Å²) in [7, 11) is 1.89. The van der Waals surface area contributed by atoms with Gasteiger partial charge in [0.15, 0.2) is 5.65 Å². The van der Waals surface area contributed by atoms with Gasteiger partial charge < -0.3 is 4.74 Å². The number of ether oxygens (including phenoxy) is 1. The van der Waals surface area contributed by atoms with E-state index in [1.54, 1.807) is 16.8 Å². The van der Waals surface area contributed by atoms with Crippen molar-refractivity contribution in [3.63, 3.8) is 0 Å². The van der Waals surface area contributed by atoms with Crippen molar-refractivity contribution in [2.45, 2.75) is 38.7 Å². The van der Waals surface area contributed by atoms with E-state index in [2.05, 4.69) is 5.10 Å². The van der Waals surface area contributed by atoms with E-state index in [4.69, 9.17) is 31.3 Å². The van der Waals surface area contributed by atoms with Crippen LogP contribution in [0, 0.1) is 19.7 Å². The minimum atomic E-state index is -0.415. The van der Waals surface area contributed by atoms with Crippen molar-refractivity contribution in [3.05, 3.63) is 70.1 Å². The van der Waals surface area contributed by atoms with E-state index in [-0.39, 0.29) is 12.0 Å². The second-order valence-corrected chi connectivity index (χ2v) is 8.78. The molecule has 4 aromatic rings. The first-order chi connectivity index (χ1) is 15.4. The number of benzene rings is 1. The second kappa shape index (κ2) is 8.22. The van der Waals surface area contributed by atoms with Crippen LogP contribution in [0.3, 0.4) is 0 Å². The molecule has 1 fully saturated rings. The van der Waals surface area contributed by atoms with Gasteiger partial charge in [0.25, 0.3) is 0 Å².